The van der Waals surface area contributed by atoms with Gasteiger partial charge in [-0.1, -0.05) is 36.4 Å². The summed E-state index contributed by atoms with van der Waals surface area (Å²) in [5, 5.41) is 2.95. The molecule has 0 unspecified atom stereocenters. The fraction of sp³-hybridized carbons (Fsp3) is 0.286. The topological polar surface area (TPSA) is 65.4 Å². The SMILES string of the molecule is Cc1cccc(OCCCn2c(CNC(=O)COc3cc(C)ccc3C)nc3ccccc32)c1. The van der Waals surface area contributed by atoms with Crippen LogP contribution in [-0.2, 0) is 17.9 Å². The smallest absolute Gasteiger partial charge is 0.258 e. The van der Waals surface area contributed by atoms with Crippen molar-refractivity contribution in [3.8, 4) is 11.5 Å². The molecule has 0 atom stereocenters. The highest BCUT2D eigenvalue weighted by molar-refractivity contribution is 5.78. The number of hydrogen-bond acceptors (Lipinski definition) is 4. The van der Waals surface area contributed by atoms with Crippen LogP contribution in [0.4, 0.5) is 0 Å². The Morgan fingerprint density at radius 1 is 0.941 bits per heavy atom. The molecule has 4 rings (SSSR count). The van der Waals surface area contributed by atoms with Crippen molar-refractivity contribution < 1.29 is 14.3 Å². The number of carbonyl (C=O) groups is 1. The molecule has 0 fully saturated rings. The molecule has 3 aromatic carbocycles. The molecule has 176 valence electrons. The van der Waals surface area contributed by atoms with Gasteiger partial charge in [0.05, 0.1) is 24.2 Å². The Hall–Kier alpha value is -3.80. The molecule has 0 spiro atoms. The number of ether oxygens (including phenoxy) is 2. The molecule has 1 amide bonds. The molecule has 0 saturated heterocycles. The van der Waals surface area contributed by atoms with Gasteiger partial charge in [0, 0.05) is 6.54 Å². The molecule has 1 aromatic heterocycles. The van der Waals surface area contributed by atoms with Crippen LogP contribution in [0.2, 0.25) is 0 Å². The molecule has 6 heteroatoms. The molecule has 0 bridgehead atoms. The minimum Gasteiger partial charge on any atom is -0.494 e. The lowest BCUT2D eigenvalue weighted by Gasteiger charge is -2.12. The first-order chi connectivity index (χ1) is 16.5. The summed E-state index contributed by atoms with van der Waals surface area (Å²) in [5.41, 5.74) is 5.25. The molecule has 0 aliphatic carbocycles. The maximum absolute atomic E-state index is 12.5. The minimum absolute atomic E-state index is 0.0329. The number of nitrogens with one attached hydrogen (secondary N) is 1. The summed E-state index contributed by atoms with van der Waals surface area (Å²) in [6, 6.07) is 22.0. The quantitative estimate of drug-likeness (QED) is 0.336. The molecule has 6 nitrogen and oxygen atoms in total. The Morgan fingerprint density at radius 3 is 2.62 bits per heavy atom. The fourth-order valence-corrected chi connectivity index (χ4v) is 3.86. The third-order valence-electron chi connectivity index (χ3n) is 5.66. The predicted molar refractivity (Wildman–Crippen MR) is 134 cm³/mol. The zero-order valence-corrected chi connectivity index (χ0v) is 20.0. The van der Waals surface area contributed by atoms with E-state index in [4.69, 9.17) is 14.5 Å². The summed E-state index contributed by atoms with van der Waals surface area (Å²) in [6.45, 7) is 7.68. The number of fused-ring (bicyclic) bond motifs is 1. The van der Waals surface area contributed by atoms with E-state index in [1.807, 2.05) is 68.4 Å². The standard InChI is InChI=1S/C28H31N3O3/c1-20-8-6-9-23(16-20)33-15-7-14-31-25-11-5-4-10-24(25)30-27(31)18-29-28(32)19-34-26-17-21(2)12-13-22(26)3/h4-6,8-13,16-17H,7,14-15,18-19H2,1-3H3,(H,29,32). The third kappa shape index (κ3) is 5.95. The van der Waals surface area contributed by atoms with E-state index in [1.165, 1.54) is 5.56 Å². The van der Waals surface area contributed by atoms with Gasteiger partial charge in [0.25, 0.3) is 5.91 Å². The number of rotatable bonds is 10. The lowest BCUT2D eigenvalue weighted by molar-refractivity contribution is -0.123. The molecule has 0 aliphatic heterocycles. The number of nitrogens with zero attached hydrogens (tertiary/aromatic N) is 2. The van der Waals surface area contributed by atoms with Crippen molar-refractivity contribution in [2.45, 2.75) is 40.3 Å². The van der Waals surface area contributed by atoms with Gasteiger partial charge in [-0.3, -0.25) is 4.79 Å². The average molecular weight is 458 g/mol. The van der Waals surface area contributed by atoms with Crippen molar-refractivity contribution in [3.05, 3.63) is 89.2 Å². The van der Waals surface area contributed by atoms with Crippen LogP contribution in [0.1, 0.15) is 28.9 Å². The molecule has 0 saturated carbocycles. The second-order valence-electron chi connectivity index (χ2n) is 8.52. The largest absolute Gasteiger partial charge is 0.494 e. The van der Waals surface area contributed by atoms with Gasteiger partial charge in [0.15, 0.2) is 6.61 Å². The van der Waals surface area contributed by atoms with Gasteiger partial charge in [-0.2, -0.15) is 0 Å². The van der Waals surface area contributed by atoms with E-state index < -0.39 is 0 Å². The Bertz CT molecular complexity index is 1280. The summed E-state index contributed by atoms with van der Waals surface area (Å²) < 4.78 is 13.8. The highest BCUT2D eigenvalue weighted by Gasteiger charge is 2.12. The van der Waals surface area contributed by atoms with E-state index in [9.17, 15) is 4.79 Å². The molecular formula is C28H31N3O3. The maximum Gasteiger partial charge on any atom is 0.258 e. The Balaban J connectivity index is 1.35. The van der Waals surface area contributed by atoms with Crippen LogP contribution >= 0.6 is 0 Å². The Kier molecular flexibility index (Phi) is 7.48. The summed E-state index contributed by atoms with van der Waals surface area (Å²) in [7, 11) is 0. The highest BCUT2D eigenvalue weighted by atomic mass is 16.5. The number of aryl methyl sites for hydroxylation is 4. The van der Waals surface area contributed by atoms with Gasteiger partial charge in [-0.05, 0) is 74.2 Å². The second kappa shape index (κ2) is 10.9. The van der Waals surface area contributed by atoms with Crippen molar-refractivity contribution >= 4 is 16.9 Å². The first-order valence-corrected chi connectivity index (χ1v) is 11.6. The van der Waals surface area contributed by atoms with Crippen molar-refractivity contribution in [2.75, 3.05) is 13.2 Å². The molecule has 0 radical (unpaired) electrons. The number of carbonyl (C=O) groups excluding carboxylic acids is 1. The van der Waals surface area contributed by atoms with E-state index in [1.54, 1.807) is 0 Å². The normalized spacial score (nSPS) is 10.9. The van der Waals surface area contributed by atoms with Gasteiger partial charge in [-0.15, -0.1) is 0 Å². The van der Waals surface area contributed by atoms with Gasteiger partial charge in [-0.25, -0.2) is 4.98 Å². The van der Waals surface area contributed by atoms with Crippen molar-refractivity contribution in [1.29, 1.82) is 0 Å². The van der Waals surface area contributed by atoms with Gasteiger partial charge >= 0.3 is 0 Å². The van der Waals surface area contributed by atoms with E-state index in [-0.39, 0.29) is 12.5 Å². The number of benzene rings is 3. The highest BCUT2D eigenvalue weighted by Crippen LogP contribution is 2.19. The molecule has 4 aromatic rings. The Morgan fingerprint density at radius 2 is 1.76 bits per heavy atom. The minimum atomic E-state index is -0.178. The zero-order chi connectivity index (χ0) is 23.9. The second-order valence-corrected chi connectivity index (χ2v) is 8.52. The van der Waals surface area contributed by atoms with Crippen LogP contribution < -0.4 is 14.8 Å². The lowest BCUT2D eigenvalue weighted by Crippen LogP contribution is -2.29. The molecular weight excluding hydrogens is 426 g/mol. The first-order valence-electron chi connectivity index (χ1n) is 11.6. The molecule has 34 heavy (non-hydrogen) atoms. The van der Waals surface area contributed by atoms with Crippen LogP contribution in [0.3, 0.4) is 0 Å². The monoisotopic (exact) mass is 457 g/mol. The number of para-hydroxylation sites is 2. The van der Waals surface area contributed by atoms with Gasteiger partial charge in [0.2, 0.25) is 0 Å². The number of aromatic nitrogens is 2. The Labute approximate surface area is 200 Å². The van der Waals surface area contributed by atoms with Crippen molar-refractivity contribution in [2.24, 2.45) is 0 Å². The van der Waals surface area contributed by atoms with Crippen LogP contribution in [0.15, 0.2) is 66.7 Å². The lowest BCUT2D eigenvalue weighted by atomic mass is 10.1. The molecule has 0 aliphatic rings. The summed E-state index contributed by atoms with van der Waals surface area (Å²) in [5.74, 6) is 2.25. The fourth-order valence-electron chi connectivity index (χ4n) is 3.86. The van der Waals surface area contributed by atoms with Crippen molar-refractivity contribution in [1.82, 2.24) is 14.9 Å². The van der Waals surface area contributed by atoms with E-state index in [0.29, 0.717) is 13.2 Å². The summed E-state index contributed by atoms with van der Waals surface area (Å²) in [4.78, 5) is 17.2. The van der Waals surface area contributed by atoms with E-state index >= 15 is 0 Å². The number of amides is 1. The van der Waals surface area contributed by atoms with Crippen LogP contribution in [0, 0.1) is 20.8 Å². The average Bonchev–Trinajstić information content (AvgIpc) is 3.18. The van der Waals surface area contributed by atoms with E-state index in [0.717, 1.165) is 52.4 Å². The van der Waals surface area contributed by atoms with E-state index in [2.05, 4.69) is 28.9 Å². The van der Waals surface area contributed by atoms with Crippen LogP contribution in [0.25, 0.3) is 11.0 Å². The number of imidazole rings is 1. The third-order valence-corrected chi connectivity index (χ3v) is 5.66. The summed E-state index contributed by atoms with van der Waals surface area (Å²) >= 11 is 0. The summed E-state index contributed by atoms with van der Waals surface area (Å²) in [6.07, 6.45) is 0.824. The molecule has 1 N–H and O–H groups in total. The van der Waals surface area contributed by atoms with Crippen LogP contribution in [-0.4, -0.2) is 28.7 Å². The maximum atomic E-state index is 12.5. The zero-order valence-electron chi connectivity index (χ0n) is 20.0. The van der Waals surface area contributed by atoms with Crippen LogP contribution in [0.5, 0.6) is 11.5 Å². The predicted octanol–water partition coefficient (Wildman–Crippen LogP) is 5.13. The van der Waals surface area contributed by atoms with Gasteiger partial charge in [0.1, 0.15) is 17.3 Å². The van der Waals surface area contributed by atoms with Gasteiger partial charge < -0.3 is 19.4 Å². The number of hydrogen-bond donors (Lipinski definition) is 1. The molecule has 1 heterocycles. The first kappa shape index (κ1) is 23.4. The van der Waals surface area contributed by atoms with Crippen molar-refractivity contribution in [3.63, 3.8) is 0 Å².